The molecular formula is C39H59N5O8S. The van der Waals surface area contributed by atoms with Crippen molar-refractivity contribution < 1.29 is 37.4 Å². The van der Waals surface area contributed by atoms with Crippen molar-refractivity contribution in [3.05, 3.63) is 65.2 Å². The molecule has 2 aliphatic rings. The first-order chi connectivity index (χ1) is 25.1. The van der Waals surface area contributed by atoms with Crippen LogP contribution < -0.4 is 21.1 Å². The van der Waals surface area contributed by atoms with Gasteiger partial charge in [0.2, 0.25) is 5.96 Å². The molecule has 2 aromatic rings. The first-order valence-corrected chi connectivity index (χ1v) is 20.2. The van der Waals surface area contributed by atoms with Crippen LogP contribution in [0.2, 0.25) is 0 Å². The van der Waals surface area contributed by atoms with Crippen molar-refractivity contribution in [2.45, 2.75) is 146 Å². The Bertz CT molecular complexity index is 1560. The van der Waals surface area contributed by atoms with Gasteiger partial charge < -0.3 is 30.9 Å². The number of aliphatic carboxylic acids is 1. The highest BCUT2D eigenvalue weighted by molar-refractivity contribution is 7.90. The average molecular weight is 758 g/mol. The number of hydrogen-bond donors (Lipinski definition) is 5. The number of nitrogens with two attached hydrogens (primary N) is 1. The fourth-order valence-electron chi connectivity index (χ4n) is 6.19. The molecule has 0 aliphatic heterocycles. The maximum Gasteiger partial charge on any atom is 0.408 e. The second-order valence-electron chi connectivity index (χ2n) is 14.9. The molecule has 0 spiro atoms. The Hall–Kier alpha value is -4.17. The van der Waals surface area contributed by atoms with Gasteiger partial charge in [0, 0.05) is 18.6 Å². The molecule has 0 bridgehead atoms. The number of carboxylic acids is 1. The maximum absolute atomic E-state index is 12.8. The van der Waals surface area contributed by atoms with Gasteiger partial charge in [-0.25, -0.2) is 22.7 Å². The Labute approximate surface area is 314 Å². The highest BCUT2D eigenvalue weighted by atomic mass is 32.2. The van der Waals surface area contributed by atoms with E-state index < -0.39 is 39.7 Å². The van der Waals surface area contributed by atoms with Gasteiger partial charge in [-0.3, -0.25) is 9.79 Å². The third-order valence-electron chi connectivity index (χ3n) is 8.92. The number of sulfonamides is 1. The first-order valence-electron chi connectivity index (χ1n) is 18.7. The lowest BCUT2D eigenvalue weighted by molar-refractivity contribution is -0.147. The van der Waals surface area contributed by atoms with Crippen LogP contribution >= 0.6 is 0 Å². The van der Waals surface area contributed by atoms with E-state index in [0.29, 0.717) is 11.1 Å². The summed E-state index contributed by atoms with van der Waals surface area (Å²) in [6.07, 6.45) is 14.0. The zero-order valence-corrected chi connectivity index (χ0v) is 32.5. The van der Waals surface area contributed by atoms with Gasteiger partial charge in [-0.05, 0) is 89.5 Å². The van der Waals surface area contributed by atoms with Crippen LogP contribution in [-0.4, -0.2) is 67.8 Å². The molecule has 2 aliphatic carbocycles. The number of benzene rings is 2. The van der Waals surface area contributed by atoms with E-state index in [2.05, 4.69) is 20.3 Å². The molecule has 0 radical (unpaired) electrons. The van der Waals surface area contributed by atoms with Crippen LogP contribution in [0, 0.1) is 6.92 Å². The van der Waals surface area contributed by atoms with E-state index in [1.54, 1.807) is 57.2 Å². The van der Waals surface area contributed by atoms with Gasteiger partial charge in [0.1, 0.15) is 18.2 Å². The smallest absolute Gasteiger partial charge is 0.408 e. The number of amides is 1. The molecule has 2 aromatic carbocycles. The Balaban J connectivity index is 0.000000482. The number of alkyl carbamates (subject to hydrolysis) is 1. The molecule has 294 valence electrons. The highest BCUT2D eigenvalue weighted by Gasteiger charge is 2.26. The summed E-state index contributed by atoms with van der Waals surface area (Å²) in [7, 11) is -3.90. The van der Waals surface area contributed by atoms with Gasteiger partial charge in [0.15, 0.2) is 0 Å². The van der Waals surface area contributed by atoms with Crippen molar-refractivity contribution in [3.63, 3.8) is 0 Å². The molecule has 0 heterocycles. The lowest BCUT2D eigenvalue weighted by Gasteiger charge is -2.30. The van der Waals surface area contributed by atoms with Gasteiger partial charge in [0.25, 0.3) is 10.0 Å². The Morgan fingerprint density at radius 3 is 1.96 bits per heavy atom. The molecule has 6 N–H and O–H groups in total. The van der Waals surface area contributed by atoms with Crippen molar-refractivity contribution in [1.82, 2.24) is 15.4 Å². The number of ether oxygens (including phenoxy) is 2. The molecule has 0 aromatic heterocycles. The summed E-state index contributed by atoms with van der Waals surface area (Å²) in [6, 6.07) is 13.5. The zero-order chi connectivity index (χ0) is 38.9. The maximum atomic E-state index is 12.8. The molecular weight excluding hydrogens is 699 g/mol. The SMILES string of the molecule is C1CCC(NC2CCCCC2)CC1.Cc1ccc(S(=O)(=O)NC(N)=NCCCC(NC(=O)OC(C)(C)C)C(=O)OCc2ccc(CC(=O)O)cc2)cc1. The number of hydrogen-bond acceptors (Lipinski definition) is 9. The number of esters is 1. The summed E-state index contributed by atoms with van der Waals surface area (Å²) >= 11 is 0. The van der Waals surface area contributed by atoms with Gasteiger partial charge in [0.05, 0.1) is 11.3 Å². The minimum absolute atomic E-state index is 0.0390. The predicted molar refractivity (Wildman–Crippen MR) is 205 cm³/mol. The Morgan fingerprint density at radius 1 is 0.887 bits per heavy atom. The second-order valence-corrected chi connectivity index (χ2v) is 16.5. The fraction of sp³-hybridized carbons (Fsp3) is 0.590. The van der Waals surface area contributed by atoms with E-state index in [4.69, 9.17) is 20.3 Å². The lowest BCUT2D eigenvalue weighted by atomic mass is 9.91. The van der Waals surface area contributed by atoms with E-state index in [0.717, 1.165) is 17.6 Å². The summed E-state index contributed by atoms with van der Waals surface area (Å²) in [5.74, 6) is -1.98. The van der Waals surface area contributed by atoms with Crippen LogP contribution in [0.15, 0.2) is 58.4 Å². The summed E-state index contributed by atoms with van der Waals surface area (Å²) in [5.41, 5.74) is 7.11. The third kappa shape index (κ3) is 17.5. The average Bonchev–Trinajstić information content (AvgIpc) is 3.09. The van der Waals surface area contributed by atoms with E-state index >= 15 is 0 Å². The van der Waals surface area contributed by atoms with Crippen LogP contribution in [0.25, 0.3) is 0 Å². The number of aryl methyl sites for hydroxylation is 1. The highest BCUT2D eigenvalue weighted by Crippen LogP contribution is 2.22. The van der Waals surface area contributed by atoms with Crippen LogP contribution in [-0.2, 0) is 42.1 Å². The quantitative estimate of drug-likeness (QED) is 0.0672. The molecule has 1 atom stereocenters. The van der Waals surface area contributed by atoms with Crippen molar-refractivity contribution in [2.24, 2.45) is 10.7 Å². The van der Waals surface area contributed by atoms with Crippen molar-refractivity contribution in [1.29, 1.82) is 0 Å². The van der Waals surface area contributed by atoms with Gasteiger partial charge in [-0.2, -0.15) is 0 Å². The molecule has 2 saturated carbocycles. The molecule has 53 heavy (non-hydrogen) atoms. The van der Waals surface area contributed by atoms with Gasteiger partial charge >= 0.3 is 18.0 Å². The minimum Gasteiger partial charge on any atom is -0.481 e. The van der Waals surface area contributed by atoms with Crippen LogP contribution in [0.4, 0.5) is 4.79 Å². The Kier molecular flexibility index (Phi) is 17.5. The molecule has 2 fully saturated rings. The molecule has 14 heteroatoms. The fourth-order valence-corrected chi connectivity index (χ4v) is 7.15. The standard InChI is InChI=1S/C27H36N4O8S.C12H23N/c1-18-7-13-21(14-8-18)40(36,37)31-25(28)29-15-5-6-22(30-26(35)39-27(2,3)4)24(34)38-17-20-11-9-19(10-12-20)16-23(32)33;1-3-7-11(8-4-1)13-12-9-5-2-6-10-12/h7-14,22H,5-6,15-17H2,1-4H3,(H,30,35)(H,32,33)(H3,28,29,31);11-13H,1-10H2. The van der Waals surface area contributed by atoms with E-state index in [-0.39, 0.29) is 43.3 Å². The molecule has 1 unspecified atom stereocenters. The van der Waals surface area contributed by atoms with E-state index in [1.165, 1.54) is 76.3 Å². The van der Waals surface area contributed by atoms with Crippen LogP contribution in [0.1, 0.15) is 115 Å². The van der Waals surface area contributed by atoms with Gasteiger partial charge in [-0.15, -0.1) is 0 Å². The summed E-state index contributed by atoms with van der Waals surface area (Å²) in [4.78, 5) is 40.0. The number of aliphatic imine (C=N–C) groups is 1. The minimum atomic E-state index is -3.90. The monoisotopic (exact) mass is 757 g/mol. The van der Waals surface area contributed by atoms with Crippen LogP contribution in [0.3, 0.4) is 0 Å². The molecule has 4 rings (SSSR count). The molecule has 13 nitrogen and oxygen atoms in total. The molecule has 1 amide bonds. The summed E-state index contributed by atoms with van der Waals surface area (Å²) in [6.45, 7) is 6.86. The second kappa shape index (κ2) is 21.5. The number of carbonyl (C=O) groups excluding carboxylic acids is 2. The van der Waals surface area contributed by atoms with Crippen molar-refractivity contribution in [3.8, 4) is 0 Å². The van der Waals surface area contributed by atoms with E-state index in [9.17, 15) is 22.8 Å². The summed E-state index contributed by atoms with van der Waals surface area (Å²) < 4.78 is 37.7. The number of guanidine groups is 1. The van der Waals surface area contributed by atoms with Gasteiger partial charge in [-0.1, -0.05) is 80.5 Å². The third-order valence-corrected chi connectivity index (χ3v) is 10.3. The number of rotatable bonds is 14. The number of nitrogens with one attached hydrogen (secondary N) is 3. The van der Waals surface area contributed by atoms with Crippen molar-refractivity contribution in [2.75, 3.05) is 6.54 Å². The molecule has 0 saturated heterocycles. The topological polar surface area (TPSA) is 199 Å². The number of carbonyl (C=O) groups is 3. The van der Waals surface area contributed by atoms with Crippen LogP contribution in [0.5, 0.6) is 0 Å². The largest absolute Gasteiger partial charge is 0.481 e. The van der Waals surface area contributed by atoms with Crippen molar-refractivity contribution >= 4 is 34.0 Å². The van der Waals surface area contributed by atoms with E-state index in [1.807, 2.05) is 6.92 Å². The summed E-state index contributed by atoms with van der Waals surface area (Å²) in [5, 5.41) is 15.2. The Morgan fingerprint density at radius 2 is 1.43 bits per heavy atom. The normalized spacial score (nSPS) is 16.4. The number of nitrogens with zero attached hydrogens (tertiary/aromatic N) is 1. The predicted octanol–water partition coefficient (Wildman–Crippen LogP) is 5.87. The lowest BCUT2D eigenvalue weighted by Crippen LogP contribution is -2.44. The first kappa shape index (κ1) is 43.2. The zero-order valence-electron chi connectivity index (χ0n) is 31.7. The number of carboxylic acid groups (broad SMARTS) is 1.